The van der Waals surface area contributed by atoms with Crippen LogP contribution < -0.4 is 10.1 Å². The first kappa shape index (κ1) is 16.7. The minimum absolute atomic E-state index is 0.0290. The Labute approximate surface area is 134 Å². The molecule has 0 aliphatic rings. The van der Waals surface area contributed by atoms with Crippen LogP contribution in [-0.2, 0) is 0 Å². The summed E-state index contributed by atoms with van der Waals surface area (Å²) in [6.45, 7) is 2.37. The van der Waals surface area contributed by atoms with E-state index in [0.717, 1.165) is 5.56 Å². The van der Waals surface area contributed by atoms with Gasteiger partial charge in [0.25, 0.3) is 0 Å². The first-order valence-electron chi connectivity index (χ1n) is 7.10. The quantitative estimate of drug-likeness (QED) is 0.818. The van der Waals surface area contributed by atoms with Gasteiger partial charge < -0.3 is 15.2 Å². The van der Waals surface area contributed by atoms with Crippen LogP contribution in [-0.4, -0.2) is 24.4 Å². The number of rotatable bonds is 7. The lowest BCUT2D eigenvalue weighted by molar-refractivity contribution is 0.102. The van der Waals surface area contributed by atoms with Crippen molar-refractivity contribution in [3.8, 4) is 5.75 Å². The summed E-state index contributed by atoms with van der Waals surface area (Å²) in [7, 11) is 0. The second kappa shape index (κ2) is 8.13. The lowest BCUT2D eigenvalue weighted by Gasteiger charge is -2.18. The van der Waals surface area contributed by atoms with Gasteiger partial charge in [0.05, 0.1) is 0 Å². The molecule has 2 atom stereocenters. The molecule has 0 saturated carbocycles. The Kier molecular flexibility index (Phi) is 6.19. The molecule has 2 unspecified atom stereocenters. The van der Waals surface area contributed by atoms with E-state index in [-0.39, 0.29) is 18.4 Å². The van der Waals surface area contributed by atoms with Crippen LogP contribution in [0.15, 0.2) is 48.5 Å². The Morgan fingerprint density at radius 1 is 1.18 bits per heavy atom. The maximum atomic E-state index is 13.4. The Morgan fingerprint density at radius 3 is 2.55 bits per heavy atom. The predicted molar refractivity (Wildman–Crippen MR) is 85.8 cm³/mol. The molecular weight excluding hydrogens is 305 g/mol. The molecule has 3 nitrogen and oxygen atoms in total. The molecule has 2 N–H and O–H groups in total. The maximum Gasteiger partial charge on any atom is 0.165 e. The Bertz CT molecular complexity index is 591. The van der Waals surface area contributed by atoms with Crippen molar-refractivity contribution in [3.63, 3.8) is 0 Å². The molecule has 0 aliphatic carbocycles. The van der Waals surface area contributed by atoms with E-state index in [0.29, 0.717) is 11.6 Å². The van der Waals surface area contributed by atoms with Crippen molar-refractivity contribution in [2.45, 2.75) is 19.1 Å². The maximum absolute atomic E-state index is 13.4. The number of halogens is 2. The molecule has 2 rings (SSSR count). The summed E-state index contributed by atoms with van der Waals surface area (Å²) in [5, 5.41) is 13.8. The van der Waals surface area contributed by atoms with Crippen LogP contribution in [0, 0.1) is 5.82 Å². The largest absolute Gasteiger partial charge is 0.488 e. The monoisotopic (exact) mass is 323 g/mol. The minimum atomic E-state index is -0.727. The Balaban J connectivity index is 1.76. The normalized spacial score (nSPS) is 13.6. The number of hydrogen-bond donors (Lipinski definition) is 2. The van der Waals surface area contributed by atoms with Crippen molar-refractivity contribution in [2.75, 3.05) is 13.2 Å². The zero-order chi connectivity index (χ0) is 15.9. The highest BCUT2D eigenvalue weighted by atomic mass is 35.5. The van der Waals surface area contributed by atoms with Gasteiger partial charge >= 0.3 is 0 Å². The van der Waals surface area contributed by atoms with Gasteiger partial charge in [-0.2, -0.15) is 0 Å². The standard InChI is InChI=1S/C17H19ClFNO2/c1-12(13-6-8-14(18)9-7-13)20-10-15(21)11-22-17-5-3-2-4-16(17)19/h2-9,12,15,20-21H,10-11H2,1H3. The lowest BCUT2D eigenvalue weighted by atomic mass is 10.1. The smallest absolute Gasteiger partial charge is 0.165 e. The highest BCUT2D eigenvalue weighted by Crippen LogP contribution is 2.17. The van der Waals surface area contributed by atoms with Gasteiger partial charge in [0.15, 0.2) is 11.6 Å². The third-order valence-corrected chi connectivity index (χ3v) is 3.55. The summed E-state index contributed by atoms with van der Waals surface area (Å²) < 4.78 is 18.6. The van der Waals surface area contributed by atoms with Gasteiger partial charge in [-0.25, -0.2) is 4.39 Å². The van der Waals surface area contributed by atoms with Gasteiger partial charge in [0.1, 0.15) is 12.7 Å². The molecule has 0 fully saturated rings. The molecule has 2 aromatic rings. The van der Waals surface area contributed by atoms with Crippen LogP contribution >= 0.6 is 11.6 Å². The first-order chi connectivity index (χ1) is 10.6. The number of hydrogen-bond acceptors (Lipinski definition) is 3. The summed E-state index contributed by atoms with van der Waals surface area (Å²) in [6, 6.07) is 13.7. The van der Waals surface area contributed by atoms with Crippen molar-refractivity contribution in [3.05, 3.63) is 64.9 Å². The first-order valence-corrected chi connectivity index (χ1v) is 7.48. The van der Waals surface area contributed by atoms with Gasteiger partial charge in [0.2, 0.25) is 0 Å². The molecule has 0 spiro atoms. The van der Waals surface area contributed by atoms with E-state index in [4.69, 9.17) is 16.3 Å². The molecule has 0 bridgehead atoms. The Hall–Kier alpha value is -1.62. The molecule has 0 aromatic heterocycles. The lowest BCUT2D eigenvalue weighted by Crippen LogP contribution is -2.33. The van der Waals surface area contributed by atoms with Crippen molar-refractivity contribution >= 4 is 11.6 Å². The number of ether oxygens (including phenoxy) is 1. The fraction of sp³-hybridized carbons (Fsp3) is 0.294. The van der Waals surface area contributed by atoms with E-state index in [1.807, 2.05) is 31.2 Å². The minimum Gasteiger partial charge on any atom is -0.488 e. The van der Waals surface area contributed by atoms with Crippen LogP contribution in [0.2, 0.25) is 5.02 Å². The average molecular weight is 324 g/mol. The molecule has 0 saturated heterocycles. The van der Waals surface area contributed by atoms with Crippen LogP contribution in [0.25, 0.3) is 0 Å². The topological polar surface area (TPSA) is 41.5 Å². The third-order valence-electron chi connectivity index (χ3n) is 3.30. The van der Waals surface area contributed by atoms with E-state index >= 15 is 0 Å². The van der Waals surface area contributed by atoms with E-state index in [1.165, 1.54) is 12.1 Å². The molecule has 0 heterocycles. The number of nitrogens with one attached hydrogen (secondary N) is 1. The second-order valence-corrected chi connectivity index (χ2v) is 5.51. The van der Waals surface area contributed by atoms with Gasteiger partial charge in [-0.3, -0.25) is 0 Å². The van der Waals surface area contributed by atoms with Crippen LogP contribution in [0.1, 0.15) is 18.5 Å². The predicted octanol–water partition coefficient (Wildman–Crippen LogP) is 3.57. The van der Waals surface area contributed by atoms with Crippen LogP contribution in [0.4, 0.5) is 4.39 Å². The van der Waals surface area contributed by atoms with Crippen molar-refractivity contribution in [1.29, 1.82) is 0 Å². The number of benzene rings is 2. The number of para-hydroxylation sites is 1. The van der Waals surface area contributed by atoms with Crippen molar-refractivity contribution in [2.24, 2.45) is 0 Å². The second-order valence-electron chi connectivity index (χ2n) is 5.08. The van der Waals surface area contributed by atoms with Crippen molar-refractivity contribution in [1.82, 2.24) is 5.32 Å². The zero-order valence-corrected chi connectivity index (χ0v) is 13.1. The molecule has 0 aliphatic heterocycles. The van der Waals surface area contributed by atoms with E-state index < -0.39 is 11.9 Å². The molecule has 0 amide bonds. The highest BCUT2D eigenvalue weighted by molar-refractivity contribution is 6.30. The fourth-order valence-electron chi connectivity index (χ4n) is 1.99. The molecule has 2 aromatic carbocycles. The molecule has 22 heavy (non-hydrogen) atoms. The molecular formula is C17H19ClFNO2. The molecule has 5 heteroatoms. The van der Waals surface area contributed by atoms with E-state index in [2.05, 4.69) is 5.32 Å². The summed E-state index contributed by atoms with van der Waals surface area (Å²) in [6.07, 6.45) is -0.727. The Morgan fingerprint density at radius 2 is 1.86 bits per heavy atom. The fourth-order valence-corrected chi connectivity index (χ4v) is 2.11. The van der Waals surface area contributed by atoms with Gasteiger partial charge in [0, 0.05) is 17.6 Å². The summed E-state index contributed by atoms with van der Waals surface area (Å²) in [4.78, 5) is 0. The third kappa shape index (κ3) is 4.98. The van der Waals surface area contributed by atoms with E-state index in [9.17, 15) is 9.50 Å². The molecule has 0 radical (unpaired) electrons. The van der Waals surface area contributed by atoms with Gasteiger partial charge in [-0.05, 0) is 36.8 Å². The van der Waals surface area contributed by atoms with Gasteiger partial charge in [-0.15, -0.1) is 0 Å². The number of aliphatic hydroxyl groups is 1. The van der Waals surface area contributed by atoms with Crippen LogP contribution in [0.5, 0.6) is 5.75 Å². The highest BCUT2D eigenvalue weighted by Gasteiger charge is 2.10. The molecule has 118 valence electrons. The van der Waals surface area contributed by atoms with Crippen LogP contribution in [0.3, 0.4) is 0 Å². The van der Waals surface area contributed by atoms with Crippen molar-refractivity contribution < 1.29 is 14.2 Å². The average Bonchev–Trinajstić information content (AvgIpc) is 2.52. The summed E-state index contributed by atoms with van der Waals surface area (Å²) in [5.41, 5.74) is 1.08. The van der Waals surface area contributed by atoms with E-state index in [1.54, 1.807) is 12.1 Å². The SMILES string of the molecule is CC(NCC(O)COc1ccccc1F)c1ccc(Cl)cc1. The van der Waals surface area contributed by atoms with Gasteiger partial charge in [-0.1, -0.05) is 35.9 Å². The number of aliphatic hydroxyl groups excluding tert-OH is 1. The summed E-state index contributed by atoms with van der Waals surface area (Å²) in [5.74, 6) is -0.288. The summed E-state index contributed by atoms with van der Waals surface area (Å²) >= 11 is 5.85. The zero-order valence-electron chi connectivity index (χ0n) is 12.3.